The number of carbonyl (C=O) groups is 1. The molecule has 4 aromatic heterocycles. The van der Waals surface area contributed by atoms with Gasteiger partial charge in [-0.05, 0) is 36.2 Å². The van der Waals surface area contributed by atoms with E-state index in [0.717, 1.165) is 19.6 Å². The summed E-state index contributed by atoms with van der Waals surface area (Å²) in [5, 5.41) is 13.2. The molecule has 0 unspecified atom stereocenters. The van der Waals surface area contributed by atoms with Crippen molar-refractivity contribution in [2.45, 2.75) is 19.4 Å². The second-order valence-electron chi connectivity index (χ2n) is 9.24. The Morgan fingerprint density at radius 1 is 1.11 bits per heavy atom. The number of nitrogens with two attached hydrogens (primary N) is 1. The Kier molecular flexibility index (Phi) is 6.12. The quantitative estimate of drug-likeness (QED) is 0.313. The number of aliphatic carboxylic acids is 1. The Hall–Kier alpha value is -4.52. The van der Waals surface area contributed by atoms with E-state index in [2.05, 4.69) is 25.0 Å². The molecule has 0 atom stereocenters. The number of aryl methyl sites for hydroxylation is 1. The predicted octanol–water partition coefficient (Wildman–Crippen LogP) is 2.29. The van der Waals surface area contributed by atoms with Gasteiger partial charge in [0.25, 0.3) is 0 Å². The van der Waals surface area contributed by atoms with Crippen LogP contribution in [-0.2, 0) is 17.8 Å². The fourth-order valence-corrected chi connectivity index (χ4v) is 4.78. The van der Waals surface area contributed by atoms with Crippen molar-refractivity contribution in [3.05, 3.63) is 54.3 Å². The summed E-state index contributed by atoms with van der Waals surface area (Å²) in [6.07, 6.45) is 3.60. The molecule has 12 nitrogen and oxygen atoms in total. The highest BCUT2D eigenvalue weighted by Gasteiger charge is 2.21. The van der Waals surface area contributed by atoms with Gasteiger partial charge in [-0.25, -0.2) is 14.4 Å². The second-order valence-corrected chi connectivity index (χ2v) is 9.24. The maximum Gasteiger partial charge on any atom is 0.303 e. The van der Waals surface area contributed by atoms with E-state index in [1.165, 1.54) is 10.6 Å². The van der Waals surface area contributed by atoms with Gasteiger partial charge in [-0.2, -0.15) is 9.50 Å². The third kappa shape index (κ3) is 4.52. The van der Waals surface area contributed by atoms with Gasteiger partial charge < -0.3 is 24.7 Å². The molecule has 1 saturated heterocycles. The van der Waals surface area contributed by atoms with E-state index >= 15 is 0 Å². The Morgan fingerprint density at radius 2 is 1.95 bits per heavy atom. The van der Waals surface area contributed by atoms with Crippen molar-refractivity contribution in [3.63, 3.8) is 0 Å². The lowest BCUT2D eigenvalue weighted by atomic mass is 10.1. The van der Waals surface area contributed by atoms with Gasteiger partial charge in [0.2, 0.25) is 11.8 Å². The minimum absolute atomic E-state index is 0.0123. The molecule has 0 radical (unpaired) electrons. The molecule has 0 aliphatic carbocycles. The maximum absolute atomic E-state index is 14.7. The van der Waals surface area contributed by atoms with Crippen molar-refractivity contribution in [1.82, 2.24) is 34.0 Å². The molecule has 6 rings (SSSR count). The molecule has 1 aliphatic rings. The number of halogens is 1. The summed E-state index contributed by atoms with van der Waals surface area (Å²) < 4.78 is 23.5. The van der Waals surface area contributed by atoms with Crippen LogP contribution in [0.4, 0.5) is 16.0 Å². The first-order valence-corrected chi connectivity index (χ1v) is 12.3. The van der Waals surface area contributed by atoms with E-state index in [-0.39, 0.29) is 18.2 Å². The molecular weight excluding hydrogens is 493 g/mol. The highest BCUT2D eigenvalue weighted by atomic mass is 19.1. The lowest BCUT2D eigenvalue weighted by Gasteiger charge is -2.36. The Balaban J connectivity index is 1.10. The average Bonchev–Trinajstić information content (AvgIpc) is 3.66. The fraction of sp³-hybridized carbons (Fsp3) is 0.320. The van der Waals surface area contributed by atoms with Crippen LogP contribution in [0.1, 0.15) is 12.0 Å². The Morgan fingerprint density at radius 3 is 2.68 bits per heavy atom. The first-order chi connectivity index (χ1) is 18.5. The first-order valence-electron chi connectivity index (χ1n) is 12.3. The normalized spacial score (nSPS) is 14.6. The number of rotatable bonds is 8. The van der Waals surface area contributed by atoms with E-state index in [1.807, 2.05) is 9.47 Å². The minimum atomic E-state index is -0.889. The van der Waals surface area contributed by atoms with Gasteiger partial charge in [0.1, 0.15) is 5.82 Å². The van der Waals surface area contributed by atoms with Crippen LogP contribution in [0.3, 0.4) is 0 Å². The lowest BCUT2D eigenvalue weighted by Crippen LogP contribution is -2.47. The van der Waals surface area contributed by atoms with Gasteiger partial charge in [-0.15, -0.1) is 5.10 Å². The summed E-state index contributed by atoms with van der Waals surface area (Å²) in [4.78, 5) is 28.7. The fourth-order valence-electron chi connectivity index (χ4n) is 4.78. The average molecular weight is 520 g/mol. The van der Waals surface area contributed by atoms with Crippen LogP contribution >= 0.6 is 0 Å². The summed E-state index contributed by atoms with van der Waals surface area (Å²) in [5.41, 5.74) is 9.18. The van der Waals surface area contributed by atoms with Crippen molar-refractivity contribution in [2.24, 2.45) is 0 Å². The van der Waals surface area contributed by atoms with E-state index in [0.29, 0.717) is 65.7 Å². The molecule has 0 spiro atoms. The van der Waals surface area contributed by atoms with Gasteiger partial charge in [0.15, 0.2) is 22.6 Å². The number of carboxylic acid groups (broad SMARTS) is 1. The van der Waals surface area contributed by atoms with E-state index in [9.17, 15) is 9.18 Å². The summed E-state index contributed by atoms with van der Waals surface area (Å²) in [7, 11) is 0. The number of carboxylic acids is 1. The van der Waals surface area contributed by atoms with Crippen LogP contribution < -0.4 is 10.6 Å². The largest absolute Gasteiger partial charge is 0.481 e. The van der Waals surface area contributed by atoms with Crippen LogP contribution in [0.15, 0.2) is 47.3 Å². The summed E-state index contributed by atoms with van der Waals surface area (Å²) in [6, 6.07) is 8.54. The molecule has 5 heterocycles. The number of nitrogens with zero attached hydrogens (tertiary/aromatic N) is 8. The summed E-state index contributed by atoms with van der Waals surface area (Å²) in [5.74, 6) is -0.0442. The highest BCUT2D eigenvalue weighted by molar-refractivity contribution is 5.87. The molecule has 5 aromatic rings. The van der Waals surface area contributed by atoms with Crippen LogP contribution in [0.2, 0.25) is 0 Å². The molecule has 0 bridgehead atoms. The SMILES string of the molecule is Nc1nc2c(ncn2CCN2CCN(c3ccc(CCC(=O)O)cc3F)CC2)c2nc(-c3ccco3)nn12. The van der Waals surface area contributed by atoms with Gasteiger partial charge in [0.05, 0.1) is 18.3 Å². The molecule has 38 heavy (non-hydrogen) atoms. The van der Waals surface area contributed by atoms with Gasteiger partial charge in [0, 0.05) is 45.7 Å². The topological polar surface area (TPSA) is 144 Å². The molecule has 1 aromatic carbocycles. The molecule has 0 saturated carbocycles. The number of furan rings is 1. The number of aromatic nitrogens is 6. The van der Waals surface area contributed by atoms with Crippen LogP contribution in [-0.4, -0.2) is 77.8 Å². The number of anilines is 2. The van der Waals surface area contributed by atoms with Crippen LogP contribution in [0.25, 0.3) is 28.4 Å². The number of nitrogen functional groups attached to an aromatic ring is 1. The lowest BCUT2D eigenvalue weighted by molar-refractivity contribution is -0.136. The van der Waals surface area contributed by atoms with Crippen molar-refractivity contribution in [3.8, 4) is 11.6 Å². The number of hydrogen-bond acceptors (Lipinski definition) is 9. The molecule has 1 aliphatic heterocycles. The first kappa shape index (κ1) is 23.9. The highest BCUT2D eigenvalue weighted by Crippen LogP contribution is 2.24. The molecule has 196 valence electrons. The van der Waals surface area contributed by atoms with Gasteiger partial charge in [-0.3, -0.25) is 9.69 Å². The third-order valence-corrected chi connectivity index (χ3v) is 6.82. The molecule has 13 heteroatoms. The molecular formula is C25H26FN9O3. The zero-order chi connectivity index (χ0) is 26.2. The monoisotopic (exact) mass is 519 g/mol. The number of benzene rings is 1. The van der Waals surface area contributed by atoms with Gasteiger partial charge in [-0.1, -0.05) is 6.07 Å². The zero-order valence-electron chi connectivity index (χ0n) is 20.5. The molecule has 0 amide bonds. The summed E-state index contributed by atoms with van der Waals surface area (Å²) in [6.45, 7) is 4.37. The van der Waals surface area contributed by atoms with Crippen molar-refractivity contribution < 1.29 is 18.7 Å². The predicted molar refractivity (Wildman–Crippen MR) is 137 cm³/mol. The van der Waals surface area contributed by atoms with Crippen molar-refractivity contribution in [2.75, 3.05) is 43.4 Å². The number of piperazine rings is 1. The Labute approximate surface area is 216 Å². The van der Waals surface area contributed by atoms with Crippen LogP contribution in [0, 0.1) is 5.82 Å². The number of imidazole rings is 1. The second kappa shape index (κ2) is 9.74. The Bertz CT molecular complexity index is 1600. The van der Waals surface area contributed by atoms with E-state index in [1.54, 1.807) is 36.9 Å². The van der Waals surface area contributed by atoms with E-state index < -0.39 is 5.97 Å². The van der Waals surface area contributed by atoms with Gasteiger partial charge >= 0.3 is 5.97 Å². The number of fused-ring (bicyclic) bond motifs is 3. The molecule has 1 fully saturated rings. The minimum Gasteiger partial charge on any atom is -0.481 e. The number of hydrogen-bond donors (Lipinski definition) is 2. The standard InChI is InChI=1S/C25H26FN9O3/c26-17-14-16(4-6-20(36)37)3-5-18(17)33-10-7-32(8-11-33)9-12-34-15-28-21-23(34)30-25(27)35-24(21)29-22(31-35)19-2-1-13-38-19/h1-3,5,13-15H,4,6-12H2,(H2,27,30)(H,36,37). The maximum atomic E-state index is 14.7. The third-order valence-electron chi connectivity index (χ3n) is 6.82. The summed E-state index contributed by atoms with van der Waals surface area (Å²) >= 11 is 0. The van der Waals surface area contributed by atoms with Crippen LogP contribution in [0.5, 0.6) is 0 Å². The van der Waals surface area contributed by atoms with E-state index in [4.69, 9.17) is 15.3 Å². The van der Waals surface area contributed by atoms with Crippen molar-refractivity contribution >= 4 is 34.4 Å². The van der Waals surface area contributed by atoms with Crippen molar-refractivity contribution in [1.29, 1.82) is 0 Å². The molecule has 3 N–H and O–H groups in total. The smallest absolute Gasteiger partial charge is 0.303 e. The zero-order valence-corrected chi connectivity index (χ0v) is 20.5.